The number of fused-ring (bicyclic) bond motifs is 1. The highest BCUT2D eigenvalue weighted by Crippen LogP contribution is 2.39. The van der Waals surface area contributed by atoms with Crippen molar-refractivity contribution in [2.75, 3.05) is 24.3 Å². The van der Waals surface area contributed by atoms with E-state index in [-0.39, 0.29) is 17.1 Å². The highest BCUT2D eigenvalue weighted by Gasteiger charge is 2.37. The minimum atomic E-state index is -4.65. The molecule has 196 valence electrons. The van der Waals surface area contributed by atoms with E-state index in [0.29, 0.717) is 24.2 Å². The number of rotatable bonds is 6. The Hall–Kier alpha value is -3.82. The molecule has 2 atom stereocenters. The second-order valence-corrected chi connectivity index (χ2v) is 9.27. The molecule has 2 aromatic carbocycles. The minimum absolute atomic E-state index is 0.0756. The Morgan fingerprint density at radius 2 is 1.92 bits per heavy atom. The summed E-state index contributed by atoms with van der Waals surface area (Å²) in [5, 5.41) is 3.23. The van der Waals surface area contributed by atoms with E-state index < -0.39 is 35.4 Å². The lowest BCUT2D eigenvalue weighted by Gasteiger charge is -2.25. The summed E-state index contributed by atoms with van der Waals surface area (Å²) in [7, 11) is 4.72. The van der Waals surface area contributed by atoms with Crippen LogP contribution in [0.15, 0.2) is 47.3 Å². The second kappa shape index (κ2) is 9.91. The van der Waals surface area contributed by atoms with E-state index >= 15 is 0 Å². The topological polar surface area (TPSA) is 76.5 Å². The maximum Gasteiger partial charge on any atom is 0.417 e. The third kappa shape index (κ3) is 5.05. The molecule has 0 radical (unpaired) electrons. The van der Waals surface area contributed by atoms with Crippen LogP contribution in [0.5, 0.6) is 0 Å². The van der Waals surface area contributed by atoms with Gasteiger partial charge in [0, 0.05) is 45.7 Å². The van der Waals surface area contributed by atoms with Gasteiger partial charge in [0.2, 0.25) is 0 Å². The van der Waals surface area contributed by atoms with Crippen LogP contribution < -0.4 is 15.8 Å². The van der Waals surface area contributed by atoms with Gasteiger partial charge in [-0.15, -0.1) is 0 Å². The summed E-state index contributed by atoms with van der Waals surface area (Å²) in [4.78, 5) is 31.4. The summed E-state index contributed by atoms with van der Waals surface area (Å²) in [6.45, 7) is 3.11. The highest BCUT2D eigenvalue weighted by molar-refractivity contribution is 5.69. The predicted molar refractivity (Wildman–Crippen MR) is 136 cm³/mol. The van der Waals surface area contributed by atoms with Gasteiger partial charge in [-0.25, -0.2) is 4.98 Å². The van der Waals surface area contributed by atoms with Crippen LogP contribution in [0.2, 0.25) is 0 Å². The molecule has 3 aromatic rings. The number of alkyl halides is 3. The summed E-state index contributed by atoms with van der Waals surface area (Å²) in [6, 6.07) is 11.0. The molecule has 2 unspecified atom stereocenters. The van der Waals surface area contributed by atoms with E-state index in [1.807, 2.05) is 24.3 Å². The molecular formula is C27H29F3N4O3. The van der Waals surface area contributed by atoms with E-state index in [1.165, 1.54) is 20.0 Å². The molecule has 1 N–H and O–H groups in total. The molecule has 0 fully saturated rings. The fourth-order valence-electron chi connectivity index (χ4n) is 4.74. The Labute approximate surface area is 212 Å². The van der Waals surface area contributed by atoms with Gasteiger partial charge in [-0.3, -0.25) is 14.2 Å². The Kier molecular flexibility index (Phi) is 7.03. The van der Waals surface area contributed by atoms with E-state index in [0.717, 1.165) is 21.8 Å². The van der Waals surface area contributed by atoms with Crippen molar-refractivity contribution in [1.29, 1.82) is 0 Å². The lowest BCUT2D eigenvalue weighted by atomic mass is 10.0. The highest BCUT2D eigenvalue weighted by atomic mass is 19.4. The number of hydrogen-bond acceptors (Lipinski definition) is 6. The fourth-order valence-corrected chi connectivity index (χ4v) is 4.74. The smallest absolute Gasteiger partial charge is 0.417 e. The summed E-state index contributed by atoms with van der Waals surface area (Å²) >= 11 is 0. The fraction of sp³-hybridized carbons (Fsp3) is 0.370. The van der Waals surface area contributed by atoms with Crippen LogP contribution in [-0.4, -0.2) is 35.7 Å². The molecule has 0 aliphatic heterocycles. The first-order valence-electron chi connectivity index (χ1n) is 11.9. The molecule has 0 spiro atoms. The Morgan fingerprint density at radius 1 is 1.22 bits per heavy atom. The van der Waals surface area contributed by atoms with Crippen LogP contribution in [0, 0.1) is 0 Å². The number of halogens is 3. The molecule has 1 aliphatic rings. The number of nitrogens with one attached hydrogen (secondary N) is 1. The van der Waals surface area contributed by atoms with E-state index in [1.54, 1.807) is 32.0 Å². The molecule has 0 saturated carbocycles. The van der Waals surface area contributed by atoms with Crippen LogP contribution in [0.3, 0.4) is 0 Å². The van der Waals surface area contributed by atoms with Crippen molar-refractivity contribution < 1.29 is 22.7 Å². The van der Waals surface area contributed by atoms with E-state index in [9.17, 15) is 22.8 Å². The zero-order valence-corrected chi connectivity index (χ0v) is 21.3. The molecule has 10 heteroatoms. The van der Waals surface area contributed by atoms with Crippen molar-refractivity contribution in [2.24, 2.45) is 7.05 Å². The number of benzene rings is 2. The van der Waals surface area contributed by atoms with Crippen molar-refractivity contribution in [3.05, 3.63) is 75.2 Å². The molecule has 1 heterocycles. The zero-order valence-electron chi connectivity index (χ0n) is 21.3. The maximum absolute atomic E-state index is 14.0. The average molecular weight is 515 g/mol. The number of esters is 1. The van der Waals surface area contributed by atoms with Gasteiger partial charge in [-0.1, -0.05) is 31.2 Å². The first-order chi connectivity index (χ1) is 17.4. The third-order valence-corrected chi connectivity index (χ3v) is 6.57. The van der Waals surface area contributed by atoms with Crippen molar-refractivity contribution >= 4 is 17.3 Å². The quantitative estimate of drug-likeness (QED) is 0.479. The Bertz CT molecular complexity index is 1400. The third-order valence-electron chi connectivity index (χ3n) is 6.57. The van der Waals surface area contributed by atoms with Gasteiger partial charge < -0.3 is 15.0 Å². The minimum Gasteiger partial charge on any atom is -0.460 e. The first kappa shape index (κ1) is 26.2. The van der Waals surface area contributed by atoms with Crippen molar-refractivity contribution in [3.63, 3.8) is 0 Å². The van der Waals surface area contributed by atoms with Crippen molar-refractivity contribution in [1.82, 2.24) is 9.55 Å². The number of ether oxygens (including phenoxy) is 1. The molecular weight excluding hydrogens is 485 g/mol. The van der Waals surface area contributed by atoms with Crippen molar-refractivity contribution in [2.45, 2.75) is 45.0 Å². The standard InChI is InChI=1S/C27H29F3N4O3/c1-6-21-24(32-23-18-10-8-7-9-16(18)13-22(23)37-15(2)35)26(36)34(5)25(31-21)19-12-11-17(33(3)4)14-20(19)27(28,29)30/h7-12,14,22-23,32H,6,13H2,1-5H3. The SMILES string of the molecule is CCc1nc(-c2ccc(N(C)C)cc2C(F)(F)F)n(C)c(=O)c1NC1c2ccccc2CC1OC(C)=O. The monoisotopic (exact) mass is 514 g/mol. The van der Waals surface area contributed by atoms with Crippen LogP contribution >= 0.6 is 0 Å². The summed E-state index contributed by atoms with van der Waals surface area (Å²) in [5.74, 6) is -0.518. The molecule has 7 nitrogen and oxygen atoms in total. The number of aromatic nitrogens is 2. The van der Waals surface area contributed by atoms with Gasteiger partial charge in [0.15, 0.2) is 0 Å². The largest absolute Gasteiger partial charge is 0.460 e. The number of aryl methyl sites for hydroxylation is 1. The molecule has 0 saturated heterocycles. The molecule has 4 rings (SSSR count). The maximum atomic E-state index is 14.0. The van der Waals surface area contributed by atoms with Gasteiger partial charge in [0.25, 0.3) is 5.56 Å². The molecule has 1 aromatic heterocycles. The normalized spacial score (nSPS) is 16.9. The van der Waals surface area contributed by atoms with E-state index in [2.05, 4.69) is 10.3 Å². The van der Waals surface area contributed by atoms with E-state index in [4.69, 9.17) is 4.74 Å². The number of carbonyl (C=O) groups excluding carboxylic acids is 1. The Balaban J connectivity index is 1.83. The molecule has 0 bridgehead atoms. The number of carbonyl (C=O) groups is 1. The average Bonchev–Trinajstić information content (AvgIpc) is 3.17. The van der Waals surface area contributed by atoms with Crippen molar-refractivity contribution in [3.8, 4) is 11.4 Å². The number of nitrogens with zero attached hydrogens (tertiary/aromatic N) is 3. The van der Waals surface area contributed by atoms with Gasteiger partial charge in [-0.05, 0) is 35.7 Å². The number of anilines is 2. The number of hydrogen-bond donors (Lipinski definition) is 1. The van der Waals surface area contributed by atoms with Crippen LogP contribution in [-0.2, 0) is 35.6 Å². The van der Waals surface area contributed by atoms with Crippen LogP contribution in [0.25, 0.3) is 11.4 Å². The van der Waals surface area contributed by atoms with Crippen LogP contribution in [0.4, 0.5) is 24.5 Å². The van der Waals surface area contributed by atoms with Gasteiger partial charge in [0.1, 0.15) is 17.6 Å². The summed E-state index contributed by atoms with van der Waals surface area (Å²) in [6.07, 6.45) is -4.41. The van der Waals surface area contributed by atoms with Crippen LogP contribution in [0.1, 0.15) is 42.3 Å². The lowest BCUT2D eigenvalue weighted by molar-refractivity contribution is -0.146. The molecule has 37 heavy (non-hydrogen) atoms. The van der Waals surface area contributed by atoms with Gasteiger partial charge in [0.05, 0.1) is 17.3 Å². The molecule has 0 amide bonds. The predicted octanol–water partition coefficient (Wildman–Crippen LogP) is 4.74. The van der Waals surface area contributed by atoms with Gasteiger partial charge >= 0.3 is 12.1 Å². The Morgan fingerprint density at radius 3 is 2.54 bits per heavy atom. The lowest BCUT2D eigenvalue weighted by Crippen LogP contribution is -2.32. The second-order valence-electron chi connectivity index (χ2n) is 9.27. The zero-order chi connectivity index (χ0) is 27.1. The van der Waals surface area contributed by atoms with Gasteiger partial charge in [-0.2, -0.15) is 13.2 Å². The first-order valence-corrected chi connectivity index (χ1v) is 11.9. The summed E-state index contributed by atoms with van der Waals surface area (Å²) < 4.78 is 48.8. The molecule has 1 aliphatic carbocycles. The summed E-state index contributed by atoms with van der Waals surface area (Å²) in [5.41, 5.74) is 1.19.